The first-order chi connectivity index (χ1) is 10.0. The number of fused-ring (bicyclic) bond motifs is 1. The van der Waals surface area contributed by atoms with Gasteiger partial charge < -0.3 is 20.9 Å². The van der Waals surface area contributed by atoms with E-state index in [1.807, 2.05) is 19.0 Å². The number of aromatic amines is 1. The number of H-pyrrole nitrogens is 1. The second kappa shape index (κ2) is 5.01. The van der Waals surface area contributed by atoms with Gasteiger partial charge in [-0.05, 0) is 17.7 Å². The molecule has 1 aromatic carbocycles. The quantitative estimate of drug-likeness (QED) is 0.773. The van der Waals surface area contributed by atoms with Crippen molar-refractivity contribution in [3.63, 3.8) is 0 Å². The Labute approximate surface area is 122 Å². The van der Waals surface area contributed by atoms with Crippen LogP contribution in [-0.2, 0) is 6.54 Å². The zero-order valence-corrected chi connectivity index (χ0v) is 12.1. The maximum atomic E-state index is 11.8. The Morgan fingerprint density at radius 3 is 2.71 bits per heavy atom. The molecule has 0 atom stereocenters. The van der Waals surface area contributed by atoms with E-state index >= 15 is 0 Å². The molecular weight excluding hydrogens is 268 g/mol. The van der Waals surface area contributed by atoms with Crippen LogP contribution in [0.4, 0.5) is 23.1 Å². The molecule has 0 radical (unpaired) electrons. The van der Waals surface area contributed by atoms with Gasteiger partial charge >= 0.3 is 0 Å². The molecule has 0 bridgehead atoms. The van der Waals surface area contributed by atoms with Gasteiger partial charge in [0.25, 0.3) is 5.56 Å². The van der Waals surface area contributed by atoms with Crippen molar-refractivity contribution in [1.29, 1.82) is 0 Å². The summed E-state index contributed by atoms with van der Waals surface area (Å²) in [6.07, 6.45) is 0. The Morgan fingerprint density at radius 1 is 1.33 bits per heavy atom. The number of aromatic nitrogens is 2. The number of nitrogens with two attached hydrogens (primary N) is 1. The third-order valence-corrected chi connectivity index (χ3v) is 3.49. The van der Waals surface area contributed by atoms with Crippen LogP contribution < -0.4 is 26.4 Å². The van der Waals surface area contributed by atoms with Crippen molar-refractivity contribution in [2.45, 2.75) is 6.54 Å². The highest BCUT2D eigenvalue weighted by Gasteiger charge is 2.23. The molecule has 0 saturated carbocycles. The van der Waals surface area contributed by atoms with Crippen LogP contribution in [0.1, 0.15) is 5.56 Å². The van der Waals surface area contributed by atoms with Crippen LogP contribution in [0.25, 0.3) is 0 Å². The first-order valence-corrected chi connectivity index (χ1v) is 6.69. The van der Waals surface area contributed by atoms with Gasteiger partial charge in [0.15, 0.2) is 5.82 Å². The van der Waals surface area contributed by atoms with E-state index in [2.05, 4.69) is 44.5 Å². The Hall–Kier alpha value is -2.70. The molecule has 0 unspecified atom stereocenters. The zero-order valence-electron chi connectivity index (χ0n) is 12.1. The Bertz CT molecular complexity index is 706. The summed E-state index contributed by atoms with van der Waals surface area (Å²) in [6, 6.07) is 8.28. The average molecular weight is 286 g/mol. The summed E-state index contributed by atoms with van der Waals surface area (Å²) < 4.78 is 0. The van der Waals surface area contributed by atoms with Crippen molar-refractivity contribution < 1.29 is 0 Å². The molecule has 4 N–H and O–H groups in total. The lowest BCUT2D eigenvalue weighted by molar-refractivity contribution is 0.855. The molecule has 2 aromatic rings. The van der Waals surface area contributed by atoms with E-state index in [4.69, 9.17) is 5.73 Å². The van der Waals surface area contributed by atoms with Crippen LogP contribution in [0.3, 0.4) is 0 Å². The van der Waals surface area contributed by atoms with Crippen LogP contribution in [0, 0.1) is 0 Å². The van der Waals surface area contributed by atoms with E-state index in [9.17, 15) is 4.79 Å². The second-order valence-electron chi connectivity index (χ2n) is 5.24. The maximum Gasteiger partial charge on any atom is 0.277 e. The van der Waals surface area contributed by atoms with Gasteiger partial charge in [-0.3, -0.25) is 9.78 Å². The molecule has 0 amide bonds. The van der Waals surface area contributed by atoms with Crippen LogP contribution in [0.15, 0.2) is 29.1 Å². The fraction of sp³-hybridized carbons (Fsp3) is 0.286. The van der Waals surface area contributed by atoms with Gasteiger partial charge in [-0.25, -0.2) is 0 Å². The highest BCUT2D eigenvalue weighted by molar-refractivity contribution is 5.70. The summed E-state index contributed by atoms with van der Waals surface area (Å²) in [5.41, 5.74) is 8.16. The zero-order chi connectivity index (χ0) is 15.0. The summed E-state index contributed by atoms with van der Waals surface area (Å²) in [5.74, 6) is 0.739. The van der Waals surface area contributed by atoms with Crippen molar-refractivity contribution in [1.82, 2.24) is 9.97 Å². The standard InChI is InChI=1S/C14H18N6O/c1-19(2)10-5-3-9(4-6-10)7-20-8-16-11-12(20)17-14(15)18-13(11)21/h3-6,16H,7-8H2,1-2H3,(H3,15,17,18,21). The van der Waals surface area contributed by atoms with Crippen LogP contribution in [0.2, 0.25) is 0 Å². The molecule has 1 aliphatic rings. The van der Waals surface area contributed by atoms with Crippen molar-refractivity contribution in [3.8, 4) is 0 Å². The molecule has 0 aliphatic carbocycles. The average Bonchev–Trinajstić information content (AvgIpc) is 2.83. The number of hydrogen-bond donors (Lipinski definition) is 3. The lowest BCUT2D eigenvalue weighted by Crippen LogP contribution is -2.23. The lowest BCUT2D eigenvalue weighted by atomic mass is 10.2. The van der Waals surface area contributed by atoms with Gasteiger partial charge in [-0.1, -0.05) is 12.1 Å². The predicted molar refractivity (Wildman–Crippen MR) is 84.7 cm³/mol. The number of nitrogens with one attached hydrogen (secondary N) is 2. The van der Waals surface area contributed by atoms with E-state index in [-0.39, 0.29) is 11.5 Å². The first-order valence-electron chi connectivity index (χ1n) is 6.69. The number of nitrogens with zero attached hydrogens (tertiary/aromatic N) is 3. The van der Waals surface area contributed by atoms with Crippen molar-refractivity contribution >= 4 is 23.1 Å². The van der Waals surface area contributed by atoms with Crippen LogP contribution in [0.5, 0.6) is 0 Å². The SMILES string of the molecule is CN(C)c1ccc(CN2CNc3c2nc(N)[nH]c3=O)cc1. The molecular formula is C14H18N6O. The third kappa shape index (κ3) is 2.49. The van der Waals surface area contributed by atoms with E-state index in [0.717, 1.165) is 11.3 Å². The number of benzene rings is 1. The number of nitrogen functional groups attached to an aromatic ring is 1. The molecule has 0 saturated heterocycles. The summed E-state index contributed by atoms with van der Waals surface area (Å²) in [4.78, 5) is 22.5. The number of rotatable bonds is 3. The minimum absolute atomic E-state index is 0.135. The molecule has 21 heavy (non-hydrogen) atoms. The van der Waals surface area contributed by atoms with Gasteiger partial charge in [-0.2, -0.15) is 4.98 Å². The fourth-order valence-electron chi connectivity index (χ4n) is 2.37. The molecule has 3 rings (SSSR count). The van der Waals surface area contributed by atoms with E-state index in [1.165, 1.54) is 0 Å². The Kier molecular flexibility index (Phi) is 3.17. The molecule has 7 heteroatoms. The van der Waals surface area contributed by atoms with Crippen molar-refractivity contribution in [2.75, 3.05) is 41.6 Å². The highest BCUT2D eigenvalue weighted by atomic mass is 16.1. The largest absolute Gasteiger partial charge is 0.378 e. The summed E-state index contributed by atoms with van der Waals surface area (Å²) in [6.45, 7) is 1.22. The summed E-state index contributed by atoms with van der Waals surface area (Å²) in [7, 11) is 4.02. The molecule has 7 nitrogen and oxygen atoms in total. The highest BCUT2D eigenvalue weighted by Crippen LogP contribution is 2.27. The van der Waals surface area contributed by atoms with Gasteiger partial charge in [0, 0.05) is 26.3 Å². The number of hydrogen-bond acceptors (Lipinski definition) is 6. The maximum absolute atomic E-state index is 11.8. The van der Waals surface area contributed by atoms with Crippen LogP contribution in [-0.4, -0.2) is 30.7 Å². The summed E-state index contributed by atoms with van der Waals surface area (Å²) in [5, 5.41) is 3.05. The molecule has 1 aromatic heterocycles. The topological polar surface area (TPSA) is 90.3 Å². The van der Waals surface area contributed by atoms with E-state index < -0.39 is 0 Å². The van der Waals surface area contributed by atoms with Gasteiger partial charge in [-0.15, -0.1) is 0 Å². The Balaban J connectivity index is 1.83. The predicted octanol–water partition coefficient (Wildman–Crippen LogP) is 0.808. The monoisotopic (exact) mass is 286 g/mol. The van der Waals surface area contributed by atoms with E-state index in [0.29, 0.717) is 24.7 Å². The van der Waals surface area contributed by atoms with E-state index in [1.54, 1.807) is 0 Å². The molecule has 0 spiro atoms. The molecule has 0 fully saturated rings. The van der Waals surface area contributed by atoms with Crippen molar-refractivity contribution in [2.24, 2.45) is 0 Å². The first kappa shape index (κ1) is 13.3. The van der Waals surface area contributed by atoms with Gasteiger partial charge in [0.2, 0.25) is 5.95 Å². The fourth-order valence-corrected chi connectivity index (χ4v) is 2.37. The molecule has 2 heterocycles. The van der Waals surface area contributed by atoms with Crippen molar-refractivity contribution in [3.05, 3.63) is 40.2 Å². The summed E-state index contributed by atoms with van der Waals surface area (Å²) >= 11 is 0. The second-order valence-corrected chi connectivity index (χ2v) is 5.24. The number of anilines is 4. The smallest absolute Gasteiger partial charge is 0.277 e. The third-order valence-electron chi connectivity index (χ3n) is 3.49. The van der Waals surface area contributed by atoms with Crippen LogP contribution >= 0.6 is 0 Å². The lowest BCUT2D eigenvalue weighted by Gasteiger charge is -2.18. The minimum Gasteiger partial charge on any atom is -0.378 e. The molecule has 110 valence electrons. The van der Waals surface area contributed by atoms with Gasteiger partial charge in [0.1, 0.15) is 5.69 Å². The Morgan fingerprint density at radius 2 is 2.05 bits per heavy atom. The van der Waals surface area contributed by atoms with Gasteiger partial charge in [0.05, 0.1) is 6.67 Å². The minimum atomic E-state index is -0.233. The normalized spacial score (nSPS) is 13.0. The molecule has 1 aliphatic heterocycles.